The minimum atomic E-state index is 0.381. The van der Waals surface area contributed by atoms with Gasteiger partial charge in [-0.25, -0.2) is 0 Å². The number of benzene rings is 2. The highest BCUT2D eigenvalue weighted by molar-refractivity contribution is 7.42. The lowest BCUT2D eigenvalue weighted by Gasteiger charge is -2.07. The molecule has 0 spiro atoms. The van der Waals surface area contributed by atoms with Gasteiger partial charge in [-0.1, -0.05) is 42.5 Å². The fraction of sp³-hybridized carbons (Fsp3) is 0.0769. The van der Waals surface area contributed by atoms with Crippen LogP contribution in [0.2, 0.25) is 0 Å². The van der Waals surface area contributed by atoms with E-state index >= 15 is 0 Å². The quantitative estimate of drug-likeness (QED) is 0.715. The van der Waals surface area contributed by atoms with Gasteiger partial charge >= 0.3 is 0 Å². The van der Waals surface area contributed by atoms with E-state index in [4.69, 9.17) is 4.52 Å². The van der Waals surface area contributed by atoms with Crippen LogP contribution in [0.15, 0.2) is 54.6 Å². The summed E-state index contributed by atoms with van der Waals surface area (Å²) in [4.78, 5) is 0. The van der Waals surface area contributed by atoms with E-state index < -0.39 is 0 Å². The second kappa shape index (κ2) is 4.95. The van der Waals surface area contributed by atoms with E-state index in [1.165, 1.54) is 10.9 Å². The van der Waals surface area contributed by atoms with Gasteiger partial charge in [-0.15, -0.1) is 0 Å². The molecule has 0 aliphatic rings. The lowest BCUT2D eigenvalue weighted by atomic mass is 10.2. The van der Waals surface area contributed by atoms with Crippen LogP contribution in [0.25, 0.3) is 0 Å². The largest absolute Gasteiger partial charge is 0.472 e. The number of aryl methyl sites for hydroxylation is 1. The van der Waals surface area contributed by atoms with Crippen molar-refractivity contribution in [3.63, 3.8) is 0 Å². The van der Waals surface area contributed by atoms with Crippen molar-refractivity contribution in [2.45, 2.75) is 6.92 Å². The molecule has 2 heteroatoms. The van der Waals surface area contributed by atoms with Crippen LogP contribution < -0.4 is 9.83 Å². The molecule has 15 heavy (non-hydrogen) atoms. The third-order valence-corrected chi connectivity index (χ3v) is 3.29. The van der Waals surface area contributed by atoms with E-state index in [1.807, 2.05) is 42.5 Å². The highest BCUT2D eigenvalue weighted by atomic mass is 31.1. The molecule has 0 amide bonds. The first-order chi connectivity index (χ1) is 7.36. The Morgan fingerprint density at radius 1 is 0.867 bits per heavy atom. The van der Waals surface area contributed by atoms with Gasteiger partial charge in [-0.2, -0.15) is 0 Å². The van der Waals surface area contributed by atoms with Crippen LogP contribution in [0.5, 0.6) is 5.75 Å². The molecule has 0 bridgehead atoms. The van der Waals surface area contributed by atoms with Gasteiger partial charge in [0.05, 0.1) is 0 Å². The van der Waals surface area contributed by atoms with Crippen LogP contribution in [0, 0.1) is 6.92 Å². The lowest BCUT2D eigenvalue weighted by Crippen LogP contribution is -2.00. The average molecular weight is 216 g/mol. The molecule has 0 aromatic heterocycles. The maximum absolute atomic E-state index is 5.70. The first-order valence-corrected chi connectivity index (χ1v) is 5.80. The van der Waals surface area contributed by atoms with E-state index in [0.29, 0.717) is 8.81 Å². The van der Waals surface area contributed by atoms with E-state index in [0.717, 1.165) is 5.75 Å². The molecule has 2 aromatic carbocycles. The molecule has 0 radical (unpaired) electrons. The topological polar surface area (TPSA) is 9.23 Å². The van der Waals surface area contributed by atoms with Gasteiger partial charge in [-0.05, 0) is 24.6 Å². The molecule has 2 aromatic rings. The van der Waals surface area contributed by atoms with Crippen molar-refractivity contribution in [2.24, 2.45) is 0 Å². The van der Waals surface area contributed by atoms with Crippen LogP contribution >= 0.6 is 8.81 Å². The fourth-order valence-electron chi connectivity index (χ4n) is 1.29. The molecular formula is C13H13OP. The summed E-state index contributed by atoms with van der Waals surface area (Å²) in [6.45, 7) is 2.11. The number of hydrogen-bond donors (Lipinski definition) is 0. The molecule has 0 heterocycles. The average Bonchev–Trinajstić information content (AvgIpc) is 2.29. The first kappa shape index (κ1) is 10.2. The number of para-hydroxylation sites is 1. The van der Waals surface area contributed by atoms with Gasteiger partial charge in [0.2, 0.25) is 0 Å². The molecule has 0 aliphatic carbocycles. The predicted molar refractivity (Wildman–Crippen MR) is 66.2 cm³/mol. The van der Waals surface area contributed by atoms with Crippen LogP contribution in [-0.2, 0) is 0 Å². The number of rotatable bonds is 3. The van der Waals surface area contributed by atoms with Crippen molar-refractivity contribution in [3.05, 3.63) is 60.2 Å². The highest BCUT2D eigenvalue weighted by Gasteiger charge is 1.98. The van der Waals surface area contributed by atoms with Gasteiger partial charge in [0.1, 0.15) is 14.6 Å². The van der Waals surface area contributed by atoms with Gasteiger partial charge in [0, 0.05) is 5.30 Å². The summed E-state index contributed by atoms with van der Waals surface area (Å²) in [5, 5.41) is 1.27. The van der Waals surface area contributed by atoms with Gasteiger partial charge in [0.15, 0.2) is 0 Å². The van der Waals surface area contributed by atoms with Crippen LogP contribution in [0.1, 0.15) is 5.56 Å². The summed E-state index contributed by atoms with van der Waals surface area (Å²) in [5.41, 5.74) is 1.28. The summed E-state index contributed by atoms with van der Waals surface area (Å²) >= 11 is 0. The maximum Gasteiger partial charge on any atom is 0.123 e. The zero-order chi connectivity index (χ0) is 10.5. The highest BCUT2D eigenvalue weighted by Crippen LogP contribution is 2.20. The summed E-state index contributed by atoms with van der Waals surface area (Å²) in [7, 11) is 0.381. The van der Waals surface area contributed by atoms with Crippen molar-refractivity contribution in [3.8, 4) is 5.75 Å². The van der Waals surface area contributed by atoms with Gasteiger partial charge in [-0.3, -0.25) is 0 Å². The molecule has 76 valence electrons. The third-order valence-electron chi connectivity index (χ3n) is 2.17. The predicted octanol–water partition coefficient (Wildman–Crippen LogP) is 3.29. The Labute approximate surface area is 92.0 Å². The second-order valence-electron chi connectivity index (χ2n) is 3.33. The molecule has 0 N–H and O–H groups in total. The molecule has 1 atom stereocenters. The second-order valence-corrected chi connectivity index (χ2v) is 4.28. The monoisotopic (exact) mass is 216 g/mol. The van der Waals surface area contributed by atoms with E-state index in [2.05, 4.69) is 19.1 Å². The normalized spacial score (nSPS) is 10.7. The Morgan fingerprint density at radius 3 is 2.27 bits per heavy atom. The van der Waals surface area contributed by atoms with E-state index in [1.54, 1.807) is 0 Å². The van der Waals surface area contributed by atoms with Crippen molar-refractivity contribution >= 4 is 14.1 Å². The molecular weight excluding hydrogens is 203 g/mol. The SMILES string of the molecule is Cc1ccccc1POc1ccccc1. The standard InChI is InChI=1S/C13H13OP/c1-11-7-5-6-10-13(11)15-14-12-8-3-2-4-9-12/h2-10,15H,1H3. The summed E-state index contributed by atoms with van der Waals surface area (Å²) in [6.07, 6.45) is 0. The number of hydrogen-bond acceptors (Lipinski definition) is 1. The zero-order valence-corrected chi connectivity index (χ0v) is 9.60. The summed E-state index contributed by atoms with van der Waals surface area (Å²) < 4.78 is 5.70. The van der Waals surface area contributed by atoms with Crippen LogP contribution in [0.4, 0.5) is 0 Å². The van der Waals surface area contributed by atoms with Crippen molar-refractivity contribution in [1.82, 2.24) is 0 Å². The third kappa shape index (κ3) is 2.81. The molecule has 2 rings (SSSR count). The van der Waals surface area contributed by atoms with Crippen molar-refractivity contribution < 1.29 is 4.52 Å². The van der Waals surface area contributed by atoms with Crippen LogP contribution in [-0.4, -0.2) is 0 Å². The van der Waals surface area contributed by atoms with Crippen LogP contribution in [0.3, 0.4) is 0 Å². The minimum Gasteiger partial charge on any atom is -0.472 e. The maximum atomic E-state index is 5.70. The Kier molecular flexibility index (Phi) is 3.37. The Hall–Kier alpha value is -1.33. The Morgan fingerprint density at radius 2 is 1.53 bits per heavy atom. The molecule has 1 nitrogen and oxygen atoms in total. The van der Waals surface area contributed by atoms with Gasteiger partial charge < -0.3 is 4.52 Å². The van der Waals surface area contributed by atoms with E-state index in [9.17, 15) is 0 Å². The molecule has 1 unspecified atom stereocenters. The molecule has 0 aliphatic heterocycles. The zero-order valence-electron chi connectivity index (χ0n) is 8.60. The summed E-state index contributed by atoms with van der Waals surface area (Å²) in [5.74, 6) is 0.930. The minimum absolute atomic E-state index is 0.381. The molecule has 0 fully saturated rings. The van der Waals surface area contributed by atoms with Crippen molar-refractivity contribution in [2.75, 3.05) is 0 Å². The van der Waals surface area contributed by atoms with E-state index in [-0.39, 0.29) is 0 Å². The van der Waals surface area contributed by atoms with Crippen molar-refractivity contribution in [1.29, 1.82) is 0 Å². The summed E-state index contributed by atoms with van der Waals surface area (Å²) in [6, 6.07) is 18.2. The Balaban J connectivity index is 2.03. The first-order valence-electron chi connectivity index (χ1n) is 4.90. The Bertz CT molecular complexity index is 426. The molecule has 0 saturated carbocycles. The lowest BCUT2D eigenvalue weighted by molar-refractivity contribution is 0.638. The molecule has 0 saturated heterocycles. The smallest absolute Gasteiger partial charge is 0.123 e. The van der Waals surface area contributed by atoms with Gasteiger partial charge in [0.25, 0.3) is 0 Å². The fourth-order valence-corrected chi connectivity index (χ4v) is 2.06.